The van der Waals surface area contributed by atoms with E-state index in [1.807, 2.05) is 18.2 Å². The van der Waals surface area contributed by atoms with Gasteiger partial charge in [-0.2, -0.15) is 0 Å². The van der Waals surface area contributed by atoms with Crippen LogP contribution in [0.15, 0.2) is 18.2 Å². The Hall–Kier alpha value is -0.650. The first-order chi connectivity index (χ1) is 8.29. The molecule has 4 nitrogen and oxygen atoms in total. The second-order valence-electron chi connectivity index (χ2n) is 4.15. The molecule has 1 aliphatic heterocycles. The van der Waals surface area contributed by atoms with E-state index < -0.39 is 0 Å². The first-order valence-corrected chi connectivity index (χ1v) is 6.12. The van der Waals surface area contributed by atoms with Gasteiger partial charge in [-0.15, -0.1) is 0 Å². The van der Waals surface area contributed by atoms with Crippen LogP contribution < -0.4 is 5.48 Å². The van der Waals surface area contributed by atoms with E-state index in [0.717, 1.165) is 49.0 Å². The first-order valence-electron chi connectivity index (χ1n) is 5.74. The lowest BCUT2D eigenvalue weighted by Gasteiger charge is -2.27. The maximum absolute atomic E-state index is 8.63. The fourth-order valence-corrected chi connectivity index (χ4v) is 2.18. The van der Waals surface area contributed by atoms with Crippen molar-refractivity contribution in [2.45, 2.75) is 13.1 Å². The molecule has 0 radical (unpaired) electrons. The van der Waals surface area contributed by atoms with Crippen LogP contribution in [0.1, 0.15) is 11.1 Å². The van der Waals surface area contributed by atoms with Gasteiger partial charge in [-0.3, -0.25) is 4.90 Å². The van der Waals surface area contributed by atoms with Crippen molar-refractivity contribution in [2.24, 2.45) is 0 Å². The Morgan fingerprint density at radius 2 is 2.12 bits per heavy atom. The monoisotopic (exact) mass is 256 g/mol. The van der Waals surface area contributed by atoms with Gasteiger partial charge in [0.2, 0.25) is 0 Å². The average molecular weight is 257 g/mol. The van der Waals surface area contributed by atoms with Crippen molar-refractivity contribution in [1.82, 2.24) is 10.4 Å². The third-order valence-electron chi connectivity index (χ3n) is 2.90. The minimum atomic E-state index is 0.414. The van der Waals surface area contributed by atoms with E-state index in [1.165, 1.54) is 0 Å². The van der Waals surface area contributed by atoms with Crippen LogP contribution in [0.5, 0.6) is 0 Å². The van der Waals surface area contributed by atoms with Crippen LogP contribution in [0.4, 0.5) is 0 Å². The average Bonchev–Trinajstić information content (AvgIpc) is 2.34. The quantitative estimate of drug-likeness (QED) is 0.805. The van der Waals surface area contributed by atoms with Gasteiger partial charge in [0.05, 0.1) is 13.2 Å². The summed E-state index contributed by atoms with van der Waals surface area (Å²) in [6.07, 6.45) is 0. The van der Waals surface area contributed by atoms with Gasteiger partial charge >= 0.3 is 0 Å². The van der Waals surface area contributed by atoms with Crippen molar-refractivity contribution in [1.29, 1.82) is 0 Å². The van der Waals surface area contributed by atoms with E-state index in [9.17, 15) is 0 Å². The molecule has 0 unspecified atom stereocenters. The highest BCUT2D eigenvalue weighted by molar-refractivity contribution is 6.31. The van der Waals surface area contributed by atoms with Crippen LogP contribution in [0.25, 0.3) is 0 Å². The van der Waals surface area contributed by atoms with E-state index in [4.69, 9.17) is 21.5 Å². The molecule has 1 saturated heterocycles. The standard InChI is InChI=1S/C12H17ClN2O2/c13-12-7-10(8-14-16)1-2-11(12)9-15-3-5-17-6-4-15/h1-2,7,14,16H,3-6,8-9H2. The van der Waals surface area contributed by atoms with Gasteiger partial charge in [-0.25, -0.2) is 5.48 Å². The number of benzene rings is 1. The number of hydrogen-bond acceptors (Lipinski definition) is 4. The third-order valence-corrected chi connectivity index (χ3v) is 3.25. The fraction of sp³-hybridized carbons (Fsp3) is 0.500. The molecule has 0 atom stereocenters. The second kappa shape index (κ2) is 6.33. The molecule has 1 heterocycles. The molecule has 94 valence electrons. The largest absolute Gasteiger partial charge is 0.379 e. The molecule has 0 aromatic heterocycles. The van der Waals surface area contributed by atoms with Crippen molar-refractivity contribution < 1.29 is 9.94 Å². The van der Waals surface area contributed by atoms with E-state index in [2.05, 4.69) is 10.4 Å². The summed E-state index contributed by atoms with van der Waals surface area (Å²) in [4.78, 5) is 2.33. The van der Waals surface area contributed by atoms with Crippen LogP contribution >= 0.6 is 11.6 Å². The highest BCUT2D eigenvalue weighted by atomic mass is 35.5. The van der Waals surface area contributed by atoms with E-state index in [1.54, 1.807) is 0 Å². The van der Waals surface area contributed by atoms with Crippen molar-refractivity contribution in [3.63, 3.8) is 0 Å². The molecular formula is C12H17ClN2O2. The Labute approximate surface area is 106 Å². The van der Waals surface area contributed by atoms with Crippen molar-refractivity contribution in [3.8, 4) is 0 Å². The molecular weight excluding hydrogens is 240 g/mol. The fourth-order valence-electron chi connectivity index (χ4n) is 1.92. The topological polar surface area (TPSA) is 44.7 Å². The Balaban J connectivity index is 2.00. The zero-order valence-electron chi connectivity index (χ0n) is 9.66. The lowest BCUT2D eigenvalue weighted by atomic mass is 10.1. The summed E-state index contributed by atoms with van der Waals surface area (Å²) in [7, 11) is 0. The van der Waals surface area contributed by atoms with Crippen LogP contribution in [0.3, 0.4) is 0 Å². The smallest absolute Gasteiger partial charge is 0.0594 e. The number of morpholine rings is 1. The van der Waals surface area contributed by atoms with Gasteiger partial charge in [0.25, 0.3) is 0 Å². The lowest BCUT2D eigenvalue weighted by Crippen LogP contribution is -2.35. The lowest BCUT2D eigenvalue weighted by molar-refractivity contribution is 0.0342. The van der Waals surface area contributed by atoms with Crippen molar-refractivity contribution in [3.05, 3.63) is 34.3 Å². The first kappa shape index (κ1) is 12.8. The normalized spacial score (nSPS) is 17.3. The van der Waals surface area contributed by atoms with E-state index in [0.29, 0.717) is 6.54 Å². The number of hydroxylamine groups is 1. The Morgan fingerprint density at radius 1 is 1.35 bits per heavy atom. The molecule has 2 N–H and O–H groups in total. The number of halogens is 1. The molecule has 2 rings (SSSR count). The summed E-state index contributed by atoms with van der Waals surface area (Å²) in [5.41, 5.74) is 4.22. The molecule has 0 spiro atoms. The van der Waals surface area contributed by atoms with Crippen LogP contribution in [-0.2, 0) is 17.8 Å². The molecule has 5 heteroatoms. The molecule has 0 bridgehead atoms. The Morgan fingerprint density at radius 3 is 2.76 bits per heavy atom. The Bertz CT molecular complexity index is 368. The Kier molecular flexibility index (Phi) is 4.76. The second-order valence-corrected chi connectivity index (χ2v) is 4.56. The molecule has 1 aromatic rings. The van der Waals surface area contributed by atoms with Gasteiger partial charge in [0.1, 0.15) is 0 Å². The predicted octanol–water partition coefficient (Wildman–Crippen LogP) is 1.65. The van der Waals surface area contributed by atoms with E-state index >= 15 is 0 Å². The molecule has 1 aliphatic rings. The molecule has 1 fully saturated rings. The molecule has 0 amide bonds. The summed E-state index contributed by atoms with van der Waals surface area (Å²) in [6, 6.07) is 5.88. The van der Waals surface area contributed by atoms with Crippen LogP contribution in [-0.4, -0.2) is 36.4 Å². The van der Waals surface area contributed by atoms with Crippen molar-refractivity contribution in [2.75, 3.05) is 26.3 Å². The number of nitrogens with one attached hydrogen (secondary N) is 1. The van der Waals surface area contributed by atoms with Gasteiger partial charge in [0.15, 0.2) is 0 Å². The molecule has 17 heavy (non-hydrogen) atoms. The molecule has 0 saturated carbocycles. The number of nitrogens with zero attached hydrogens (tertiary/aromatic N) is 1. The summed E-state index contributed by atoms with van der Waals surface area (Å²) in [6.45, 7) is 4.77. The zero-order chi connectivity index (χ0) is 12.1. The summed E-state index contributed by atoms with van der Waals surface area (Å²) in [5.74, 6) is 0. The highest BCUT2D eigenvalue weighted by Crippen LogP contribution is 2.20. The predicted molar refractivity (Wildman–Crippen MR) is 66.2 cm³/mol. The van der Waals surface area contributed by atoms with Gasteiger partial charge in [0, 0.05) is 31.2 Å². The van der Waals surface area contributed by atoms with Crippen LogP contribution in [0, 0.1) is 0 Å². The van der Waals surface area contributed by atoms with Gasteiger partial charge in [-0.1, -0.05) is 23.7 Å². The van der Waals surface area contributed by atoms with Crippen molar-refractivity contribution >= 4 is 11.6 Å². The maximum Gasteiger partial charge on any atom is 0.0594 e. The minimum Gasteiger partial charge on any atom is -0.379 e. The molecule has 1 aromatic carbocycles. The number of ether oxygens (including phenoxy) is 1. The number of rotatable bonds is 4. The van der Waals surface area contributed by atoms with E-state index in [-0.39, 0.29) is 0 Å². The summed E-state index contributed by atoms with van der Waals surface area (Å²) >= 11 is 6.22. The summed E-state index contributed by atoms with van der Waals surface area (Å²) < 4.78 is 5.31. The minimum absolute atomic E-state index is 0.414. The molecule has 0 aliphatic carbocycles. The van der Waals surface area contributed by atoms with Crippen LogP contribution in [0.2, 0.25) is 5.02 Å². The third kappa shape index (κ3) is 3.66. The summed E-state index contributed by atoms with van der Waals surface area (Å²) in [5, 5.41) is 9.38. The zero-order valence-corrected chi connectivity index (χ0v) is 10.4. The maximum atomic E-state index is 8.63. The number of hydrogen-bond donors (Lipinski definition) is 2. The van der Waals surface area contributed by atoms with Gasteiger partial charge in [-0.05, 0) is 17.2 Å². The SMILES string of the molecule is ONCc1ccc(CN2CCOCC2)c(Cl)c1. The van der Waals surface area contributed by atoms with Gasteiger partial charge < -0.3 is 9.94 Å². The highest BCUT2D eigenvalue weighted by Gasteiger charge is 2.12.